The lowest BCUT2D eigenvalue weighted by molar-refractivity contribution is -0.289. The molecule has 0 radical (unpaired) electrons. The molecule has 0 saturated heterocycles. The third kappa shape index (κ3) is 3.98. The van der Waals surface area contributed by atoms with E-state index in [4.69, 9.17) is 9.30 Å². The molecule has 1 N–H and O–H groups in total. The van der Waals surface area contributed by atoms with Gasteiger partial charge in [-0.2, -0.15) is 31.7 Å². The smallest absolute Gasteiger partial charge is 0.339 e. The lowest BCUT2D eigenvalue weighted by Crippen LogP contribution is -2.33. The van der Waals surface area contributed by atoms with Gasteiger partial charge >= 0.3 is 12.1 Å². The summed E-state index contributed by atoms with van der Waals surface area (Å²) in [4.78, 5) is 17.5. The maximum atomic E-state index is 13.8. The fraction of sp³-hybridized carbons (Fsp3) is 0.381. The Morgan fingerprint density at radius 2 is 1.86 bits per heavy atom. The number of aryl methyl sites for hydroxylation is 1. The van der Waals surface area contributed by atoms with Gasteiger partial charge in [-0.05, 0) is 36.5 Å². The molecule has 14 heteroatoms. The average molecular weight is 512 g/mol. The first kappa shape index (κ1) is 23.5. The van der Waals surface area contributed by atoms with Crippen molar-refractivity contribution in [3.05, 3.63) is 36.0 Å². The largest absolute Gasteiger partial charge is 0.458 e. The number of nitrogens with zero attached hydrogens (tertiary/aromatic N) is 6. The normalized spacial score (nSPS) is 15.6. The van der Waals surface area contributed by atoms with Crippen LogP contribution in [0.2, 0.25) is 0 Å². The second kappa shape index (κ2) is 8.14. The van der Waals surface area contributed by atoms with Gasteiger partial charge in [0.1, 0.15) is 5.52 Å². The van der Waals surface area contributed by atoms with E-state index in [1.54, 1.807) is 13.1 Å². The third-order valence-corrected chi connectivity index (χ3v) is 7.30. The monoisotopic (exact) mass is 512 g/mol. The minimum absolute atomic E-state index is 0.108. The number of aromatic nitrogens is 6. The number of rotatable bonds is 6. The van der Waals surface area contributed by atoms with E-state index in [1.165, 1.54) is 10.8 Å². The van der Waals surface area contributed by atoms with Gasteiger partial charge in [0.15, 0.2) is 22.1 Å². The van der Waals surface area contributed by atoms with Gasteiger partial charge in [0.25, 0.3) is 0 Å². The molecular weight excluding hydrogens is 493 g/mol. The zero-order valence-corrected chi connectivity index (χ0v) is 19.3. The lowest BCUT2D eigenvalue weighted by Gasteiger charge is -2.19. The number of hydrogen-bond acceptors (Lipinski definition) is 7. The second-order valence-corrected chi connectivity index (χ2v) is 10.2. The van der Waals surface area contributed by atoms with E-state index in [0.717, 1.165) is 12.8 Å². The van der Waals surface area contributed by atoms with Crippen LogP contribution in [0.1, 0.15) is 37.1 Å². The first-order valence-corrected chi connectivity index (χ1v) is 12.1. The third-order valence-electron chi connectivity index (χ3n) is 5.74. The molecule has 1 fully saturated rings. The molecule has 4 aromatic heterocycles. The van der Waals surface area contributed by atoms with E-state index in [-0.39, 0.29) is 22.9 Å². The Hall–Kier alpha value is -3.29. The van der Waals surface area contributed by atoms with Crippen LogP contribution >= 0.6 is 0 Å². The number of thiol groups is 1. The summed E-state index contributed by atoms with van der Waals surface area (Å²) in [5, 5.41) is 4.01. The number of imidazole rings is 1. The van der Waals surface area contributed by atoms with Gasteiger partial charge in [0.05, 0.1) is 11.3 Å². The maximum absolute atomic E-state index is 13.8. The average Bonchev–Trinajstić information content (AvgIpc) is 3.47. The summed E-state index contributed by atoms with van der Waals surface area (Å²) < 4.78 is 81.5. The van der Waals surface area contributed by atoms with Crippen molar-refractivity contribution in [1.29, 1.82) is 4.78 Å². The number of nitrogens with one attached hydrogen (secondary N) is 1. The molecule has 1 unspecified atom stereocenters. The molecular formula is C21H19F5N7OS+. The number of alkyl halides is 5. The van der Waals surface area contributed by atoms with Crippen LogP contribution in [-0.2, 0) is 23.7 Å². The van der Waals surface area contributed by atoms with Crippen LogP contribution in [0.3, 0.4) is 0 Å². The van der Waals surface area contributed by atoms with Gasteiger partial charge in [0, 0.05) is 37.0 Å². The molecule has 0 aliphatic heterocycles. The molecule has 5 rings (SSSR count). The molecule has 0 spiro atoms. The van der Waals surface area contributed by atoms with Gasteiger partial charge in [0.2, 0.25) is 11.7 Å². The van der Waals surface area contributed by atoms with Crippen molar-refractivity contribution in [1.82, 2.24) is 29.7 Å². The standard InChI is InChI=1S/C21H18F5N7OS/c1-3-35(27)14-6-11(16-31-19(34-32-16)10-4-5-10)8-28-15(14)18-30-13-7-12(9-29-17(13)33(18)2)20(22,23)21(24,25)26/h6-10,27H,3-5H2,1-2H3/p+1. The summed E-state index contributed by atoms with van der Waals surface area (Å²) in [6.45, 7) is 1.84. The van der Waals surface area contributed by atoms with E-state index in [2.05, 4.69) is 25.1 Å². The van der Waals surface area contributed by atoms with Crippen LogP contribution in [0.4, 0.5) is 22.0 Å². The highest BCUT2D eigenvalue weighted by Gasteiger charge is 2.59. The quantitative estimate of drug-likeness (QED) is 0.219. The van der Waals surface area contributed by atoms with Crippen LogP contribution in [0.25, 0.3) is 34.1 Å². The Morgan fingerprint density at radius 3 is 2.51 bits per heavy atom. The van der Waals surface area contributed by atoms with E-state index < -0.39 is 28.4 Å². The predicted octanol–water partition coefficient (Wildman–Crippen LogP) is 5.10. The molecule has 35 heavy (non-hydrogen) atoms. The Kier molecular flexibility index (Phi) is 5.45. The molecule has 1 atom stereocenters. The van der Waals surface area contributed by atoms with Gasteiger partial charge in [-0.1, -0.05) is 5.16 Å². The highest BCUT2D eigenvalue weighted by atomic mass is 32.2. The molecule has 0 amide bonds. The SMILES string of the molecule is CC[SH+](=N)c1cc(-c2noc(C3CC3)n2)cnc1-c1nc2cc(C(F)(F)C(F)(F)F)cnc2n1C. The minimum Gasteiger partial charge on any atom is -0.339 e. The first-order chi connectivity index (χ1) is 16.5. The molecule has 1 aliphatic rings. The van der Waals surface area contributed by atoms with Crippen molar-refractivity contribution in [2.24, 2.45) is 7.05 Å². The van der Waals surface area contributed by atoms with E-state index >= 15 is 0 Å². The van der Waals surface area contributed by atoms with Crippen molar-refractivity contribution < 1.29 is 26.5 Å². The van der Waals surface area contributed by atoms with Crippen molar-refractivity contribution in [2.75, 3.05) is 5.75 Å². The van der Waals surface area contributed by atoms with Crippen molar-refractivity contribution in [3.63, 3.8) is 0 Å². The Bertz CT molecular complexity index is 1460. The fourth-order valence-corrected chi connectivity index (χ4v) is 4.64. The van der Waals surface area contributed by atoms with Gasteiger partial charge in [-0.15, -0.1) is 0 Å². The second-order valence-electron chi connectivity index (χ2n) is 8.20. The Morgan fingerprint density at radius 1 is 1.11 bits per heavy atom. The van der Waals surface area contributed by atoms with Gasteiger partial charge in [-0.3, -0.25) is 0 Å². The van der Waals surface area contributed by atoms with Crippen molar-refractivity contribution in [3.8, 4) is 22.9 Å². The molecule has 1 saturated carbocycles. The highest BCUT2D eigenvalue weighted by molar-refractivity contribution is 7.86. The maximum Gasteiger partial charge on any atom is 0.458 e. The molecule has 0 bridgehead atoms. The lowest BCUT2D eigenvalue weighted by atomic mass is 10.1. The van der Waals surface area contributed by atoms with Crippen molar-refractivity contribution in [2.45, 2.75) is 42.7 Å². The van der Waals surface area contributed by atoms with Gasteiger partial charge < -0.3 is 9.09 Å². The molecule has 0 aromatic carbocycles. The zero-order valence-electron chi connectivity index (χ0n) is 18.4. The molecule has 184 valence electrons. The number of hydrogen-bond donors (Lipinski definition) is 1. The van der Waals surface area contributed by atoms with E-state index in [0.29, 0.717) is 45.9 Å². The van der Waals surface area contributed by atoms with E-state index in [1.807, 2.05) is 6.92 Å². The zero-order chi connectivity index (χ0) is 25.1. The highest BCUT2D eigenvalue weighted by Crippen LogP contribution is 2.44. The van der Waals surface area contributed by atoms with Crippen molar-refractivity contribution >= 4 is 21.9 Å². The topological polar surface area (TPSA) is 106 Å². The Balaban J connectivity index is 1.61. The minimum atomic E-state index is -5.76. The van der Waals surface area contributed by atoms with Crippen LogP contribution in [0.15, 0.2) is 33.9 Å². The van der Waals surface area contributed by atoms with Crippen LogP contribution in [0.5, 0.6) is 0 Å². The first-order valence-electron chi connectivity index (χ1n) is 10.6. The summed E-state index contributed by atoms with van der Waals surface area (Å²) in [5.41, 5.74) is -0.468. The predicted molar refractivity (Wildman–Crippen MR) is 117 cm³/mol. The summed E-state index contributed by atoms with van der Waals surface area (Å²) in [7, 11) is 0.113. The molecule has 8 nitrogen and oxygen atoms in total. The summed E-state index contributed by atoms with van der Waals surface area (Å²) >= 11 is 0. The number of halogens is 5. The molecule has 4 aromatic rings. The molecule has 4 heterocycles. The van der Waals surface area contributed by atoms with Crippen LogP contribution in [0, 0.1) is 4.78 Å². The number of pyridine rings is 2. The van der Waals surface area contributed by atoms with Crippen LogP contribution in [-0.4, -0.2) is 41.6 Å². The molecule has 1 aliphatic carbocycles. The summed E-state index contributed by atoms with van der Waals surface area (Å²) in [5.74, 6) is -3.20. The van der Waals surface area contributed by atoms with Gasteiger partial charge in [-0.25, -0.2) is 15.0 Å². The summed E-state index contributed by atoms with van der Waals surface area (Å²) in [6, 6.07) is 2.40. The van der Waals surface area contributed by atoms with E-state index in [9.17, 15) is 22.0 Å². The Labute approximate surface area is 197 Å². The van der Waals surface area contributed by atoms with Crippen LogP contribution < -0.4 is 0 Å². The number of fused-ring (bicyclic) bond motifs is 1. The fourth-order valence-electron chi connectivity index (χ4n) is 3.60. The summed E-state index contributed by atoms with van der Waals surface area (Å²) in [6.07, 6.45) is -1.78.